The van der Waals surface area contributed by atoms with Gasteiger partial charge in [0.25, 0.3) is 0 Å². The molecule has 6 heteroatoms. The molecule has 0 aromatic heterocycles. The molecule has 0 saturated carbocycles. The maximum absolute atomic E-state index is 12.5. The second-order valence-electron chi connectivity index (χ2n) is 3.75. The SMILES string of the molecule is CCOC(=O)/C(=C/O)Cc1cccc(C(F)(F)F)c1. The van der Waals surface area contributed by atoms with Gasteiger partial charge in [-0.15, -0.1) is 0 Å². The number of benzene rings is 1. The predicted molar refractivity (Wildman–Crippen MR) is 62.5 cm³/mol. The molecule has 0 saturated heterocycles. The average Bonchev–Trinajstić information content (AvgIpc) is 2.35. The van der Waals surface area contributed by atoms with Gasteiger partial charge in [-0.25, -0.2) is 4.79 Å². The molecule has 3 nitrogen and oxygen atoms in total. The standard InChI is InChI=1S/C13H13F3O3/c1-2-19-12(18)10(8-17)6-9-4-3-5-11(7-9)13(14,15)16/h3-5,7-8,17H,2,6H2,1H3/b10-8+. The number of aliphatic hydroxyl groups is 1. The van der Waals surface area contributed by atoms with Crippen LogP contribution in [0.15, 0.2) is 36.1 Å². The molecular formula is C13H13F3O3. The normalized spacial score (nSPS) is 12.3. The predicted octanol–water partition coefficient (Wildman–Crippen LogP) is 3.25. The van der Waals surface area contributed by atoms with Crippen molar-refractivity contribution in [2.45, 2.75) is 19.5 Å². The molecule has 0 unspecified atom stereocenters. The van der Waals surface area contributed by atoms with Gasteiger partial charge in [0, 0.05) is 6.42 Å². The highest BCUT2D eigenvalue weighted by Crippen LogP contribution is 2.29. The van der Waals surface area contributed by atoms with Crippen LogP contribution in [-0.4, -0.2) is 17.7 Å². The highest BCUT2D eigenvalue weighted by atomic mass is 19.4. The summed E-state index contributed by atoms with van der Waals surface area (Å²) in [4.78, 5) is 11.4. The number of esters is 1. The van der Waals surface area contributed by atoms with Crippen LogP contribution in [0.4, 0.5) is 13.2 Å². The Hall–Kier alpha value is -1.98. The molecule has 0 radical (unpaired) electrons. The largest absolute Gasteiger partial charge is 0.515 e. The Morgan fingerprint density at radius 2 is 2.11 bits per heavy atom. The third-order valence-electron chi connectivity index (χ3n) is 2.34. The molecule has 0 atom stereocenters. The first-order chi connectivity index (χ1) is 8.88. The van der Waals surface area contributed by atoms with E-state index in [0.29, 0.717) is 6.26 Å². The lowest BCUT2D eigenvalue weighted by atomic mass is 10.0. The molecule has 0 aliphatic carbocycles. The topological polar surface area (TPSA) is 46.5 Å². The van der Waals surface area contributed by atoms with E-state index in [1.54, 1.807) is 6.92 Å². The van der Waals surface area contributed by atoms with Gasteiger partial charge < -0.3 is 9.84 Å². The smallest absolute Gasteiger partial charge is 0.416 e. The van der Waals surface area contributed by atoms with Crippen molar-refractivity contribution in [3.63, 3.8) is 0 Å². The number of rotatable bonds is 4. The summed E-state index contributed by atoms with van der Waals surface area (Å²) < 4.78 is 42.2. The maximum atomic E-state index is 12.5. The third-order valence-corrected chi connectivity index (χ3v) is 2.34. The first kappa shape index (κ1) is 15.1. The number of ether oxygens (including phenoxy) is 1. The molecule has 0 fully saturated rings. The van der Waals surface area contributed by atoms with E-state index < -0.39 is 17.7 Å². The first-order valence-corrected chi connectivity index (χ1v) is 5.55. The summed E-state index contributed by atoms with van der Waals surface area (Å²) in [7, 11) is 0. The third kappa shape index (κ3) is 4.31. The molecule has 1 N–H and O–H groups in total. The van der Waals surface area contributed by atoms with Crippen LogP contribution in [0.2, 0.25) is 0 Å². The summed E-state index contributed by atoms with van der Waals surface area (Å²) in [6.07, 6.45) is -4.01. The average molecular weight is 274 g/mol. The van der Waals surface area contributed by atoms with Crippen LogP contribution in [0.3, 0.4) is 0 Å². The van der Waals surface area contributed by atoms with E-state index in [2.05, 4.69) is 4.74 Å². The van der Waals surface area contributed by atoms with Gasteiger partial charge in [0.05, 0.1) is 24.0 Å². The highest BCUT2D eigenvalue weighted by Gasteiger charge is 2.30. The number of hydrogen-bond donors (Lipinski definition) is 1. The van der Waals surface area contributed by atoms with E-state index in [0.717, 1.165) is 12.1 Å². The Morgan fingerprint density at radius 1 is 1.42 bits per heavy atom. The maximum Gasteiger partial charge on any atom is 0.416 e. The Morgan fingerprint density at radius 3 is 2.63 bits per heavy atom. The molecule has 0 heterocycles. The minimum absolute atomic E-state index is 0.0961. The Labute approximate surface area is 108 Å². The Kier molecular flexibility index (Phi) is 4.97. The number of aliphatic hydroxyl groups excluding tert-OH is 1. The fourth-order valence-electron chi connectivity index (χ4n) is 1.47. The second-order valence-corrected chi connectivity index (χ2v) is 3.75. The fraction of sp³-hybridized carbons (Fsp3) is 0.308. The van der Waals surface area contributed by atoms with Gasteiger partial charge in [-0.2, -0.15) is 13.2 Å². The summed E-state index contributed by atoms with van der Waals surface area (Å²) in [5, 5.41) is 8.93. The van der Waals surface area contributed by atoms with Crippen molar-refractivity contribution in [2.75, 3.05) is 6.61 Å². The zero-order valence-corrected chi connectivity index (χ0v) is 10.2. The van der Waals surface area contributed by atoms with Crippen LogP contribution in [0, 0.1) is 0 Å². The Balaban J connectivity index is 2.90. The van der Waals surface area contributed by atoms with E-state index in [-0.39, 0.29) is 24.2 Å². The molecule has 0 bridgehead atoms. The summed E-state index contributed by atoms with van der Waals surface area (Å²) in [6.45, 7) is 1.72. The first-order valence-electron chi connectivity index (χ1n) is 5.55. The lowest BCUT2D eigenvalue weighted by Crippen LogP contribution is -2.11. The van der Waals surface area contributed by atoms with E-state index in [1.165, 1.54) is 12.1 Å². The van der Waals surface area contributed by atoms with Crippen LogP contribution in [0.5, 0.6) is 0 Å². The molecule has 104 valence electrons. The molecule has 0 aliphatic heterocycles. The summed E-state index contributed by atoms with van der Waals surface area (Å²) >= 11 is 0. The lowest BCUT2D eigenvalue weighted by molar-refractivity contribution is -0.139. The second kappa shape index (κ2) is 6.26. The molecule has 0 amide bonds. The van der Waals surface area contributed by atoms with Crippen LogP contribution in [0.1, 0.15) is 18.1 Å². The molecular weight excluding hydrogens is 261 g/mol. The zero-order chi connectivity index (χ0) is 14.5. The van der Waals surface area contributed by atoms with E-state index in [9.17, 15) is 18.0 Å². The lowest BCUT2D eigenvalue weighted by Gasteiger charge is -2.09. The number of carbonyl (C=O) groups excluding carboxylic acids is 1. The highest BCUT2D eigenvalue weighted by molar-refractivity contribution is 5.88. The molecule has 0 spiro atoms. The number of alkyl halides is 3. The number of carbonyl (C=O) groups is 1. The van der Waals surface area contributed by atoms with Gasteiger partial charge in [-0.3, -0.25) is 0 Å². The quantitative estimate of drug-likeness (QED) is 0.521. The van der Waals surface area contributed by atoms with Gasteiger partial charge in [-0.05, 0) is 18.6 Å². The Bertz CT molecular complexity index is 478. The van der Waals surface area contributed by atoms with Gasteiger partial charge in [0.2, 0.25) is 0 Å². The van der Waals surface area contributed by atoms with Gasteiger partial charge in [-0.1, -0.05) is 18.2 Å². The van der Waals surface area contributed by atoms with Crippen molar-refractivity contribution in [2.24, 2.45) is 0 Å². The van der Waals surface area contributed by atoms with Gasteiger partial charge in [0.1, 0.15) is 0 Å². The van der Waals surface area contributed by atoms with Crippen molar-refractivity contribution in [1.29, 1.82) is 0 Å². The molecule has 1 aromatic carbocycles. The van der Waals surface area contributed by atoms with Crippen LogP contribution in [0.25, 0.3) is 0 Å². The van der Waals surface area contributed by atoms with Crippen LogP contribution < -0.4 is 0 Å². The minimum atomic E-state index is -4.44. The van der Waals surface area contributed by atoms with Gasteiger partial charge in [0.15, 0.2) is 0 Å². The summed E-state index contributed by atoms with van der Waals surface area (Å²) in [5.41, 5.74) is -0.629. The molecule has 0 aliphatic rings. The van der Waals surface area contributed by atoms with E-state index in [1.807, 2.05) is 0 Å². The van der Waals surface area contributed by atoms with E-state index in [4.69, 9.17) is 5.11 Å². The zero-order valence-electron chi connectivity index (χ0n) is 10.2. The number of hydrogen-bond acceptors (Lipinski definition) is 3. The van der Waals surface area contributed by atoms with Crippen molar-refractivity contribution in [3.05, 3.63) is 47.2 Å². The van der Waals surface area contributed by atoms with Gasteiger partial charge >= 0.3 is 12.1 Å². The monoisotopic (exact) mass is 274 g/mol. The van der Waals surface area contributed by atoms with Crippen molar-refractivity contribution < 1.29 is 27.8 Å². The van der Waals surface area contributed by atoms with Crippen molar-refractivity contribution in [3.8, 4) is 0 Å². The van der Waals surface area contributed by atoms with Crippen molar-refractivity contribution in [1.82, 2.24) is 0 Å². The minimum Gasteiger partial charge on any atom is -0.515 e. The molecule has 1 rings (SSSR count). The fourth-order valence-corrected chi connectivity index (χ4v) is 1.47. The number of halogens is 3. The molecule has 1 aromatic rings. The summed E-state index contributed by atoms with van der Waals surface area (Å²) in [5.74, 6) is -0.748. The summed E-state index contributed by atoms with van der Waals surface area (Å²) in [6, 6.07) is 4.56. The van der Waals surface area contributed by atoms with Crippen LogP contribution >= 0.6 is 0 Å². The van der Waals surface area contributed by atoms with Crippen molar-refractivity contribution >= 4 is 5.97 Å². The van der Waals surface area contributed by atoms with Crippen LogP contribution in [-0.2, 0) is 22.1 Å². The molecule has 19 heavy (non-hydrogen) atoms. The van der Waals surface area contributed by atoms with E-state index >= 15 is 0 Å².